The molecule has 0 aromatic heterocycles. The van der Waals surface area contributed by atoms with Gasteiger partial charge in [0.1, 0.15) is 0 Å². The summed E-state index contributed by atoms with van der Waals surface area (Å²) in [5.41, 5.74) is 1.33. The van der Waals surface area contributed by atoms with Gasteiger partial charge in [-0.1, -0.05) is 119 Å². The van der Waals surface area contributed by atoms with Gasteiger partial charge in [-0.15, -0.1) is 0 Å². The van der Waals surface area contributed by atoms with Crippen LogP contribution >= 0.6 is 0 Å². The van der Waals surface area contributed by atoms with Crippen LogP contribution in [0.2, 0.25) is 5.04 Å². The fourth-order valence-electron chi connectivity index (χ4n) is 5.85. The molecule has 1 heterocycles. The molecule has 3 aromatic carbocycles. The van der Waals surface area contributed by atoms with Crippen molar-refractivity contribution in [2.75, 3.05) is 19.7 Å². The van der Waals surface area contributed by atoms with Gasteiger partial charge in [0.05, 0.1) is 6.10 Å². The molecule has 3 unspecified atom stereocenters. The summed E-state index contributed by atoms with van der Waals surface area (Å²) in [4.78, 5) is 2.50. The van der Waals surface area contributed by atoms with Crippen molar-refractivity contribution in [2.24, 2.45) is 11.8 Å². The molecule has 3 nitrogen and oxygen atoms in total. The molecule has 1 saturated heterocycles. The highest BCUT2D eigenvalue weighted by molar-refractivity contribution is 6.99. The first-order valence-corrected chi connectivity index (χ1v) is 14.9. The lowest BCUT2D eigenvalue weighted by atomic mass is 9.85. The molecule has 1 fully saturated rings. The molecule has 186 valence electrons. The van der Waals surface area contributed by atoms with Gasteiger partial charge in [0, 0.05) is 26.2 Å². The van der Waals surface area contributed by atoms with Crippen LogP contribution in [0, 0.1) is 11.8 Å². The van der Waals surface area contributed by atoms with Gasteiger partial charge in [-0.2, -0.15) is 0 Å². The molecule has 1 aliphatic heterocycles. The van der Waals surface area contributed by atoms with E-state index in [1.165, 1.54) is 15.9 Å². The van der Waals surface area contributed by atoms with Crippen molar-refractivity contribution >= 4 is 18.7 Å². The van der Waals surface area contributed by atoms with Crippen LogP contribution in [0.3, 0.4) is 0 Å². The molecule has 3 atom stereocenters. The maximum absolute atomic E-state index is 11.1. The van der Waals surface area contributed by atoms with Crippen LogP contribution in [-0.2, 0) is 11.0 Å². The first kappa shape index (κ1) is 25.8. The molecule has 0 radical (unpaired) electrons. The molecule has 0 aliphatic carbocycles. The summed E-state index contributed by atoms with van der Waals surface area (Å²) in [6.45, 7) is 12.6. The number of hydrogen-bond acceptors (Lipinski definition) is 3. The molecule has 0 bridgehead atoms. The van der Waals surface area contributed by atoms with Crippen LogP contribution in [-0.4, -0.2) is 44.1 Å². The van der Waals surface area contributed by atoms with Gasteiger partial charge < -0.3 is 9.53 Å². The van der Waals surface area contributed by atoms with Crippen LogP contribution in [0.1, 0.15) is 39.7 Å². The highest BCUT2D eigenvalue weighted by atomic mass is 28.4. The Morgan fingerprint density at radius 1 is 0.829 bits per heavy atom. The zero-order valence-electron chi connectivity index (χ0n) is 21.7. The van der Waals surface area contributed by atoms with E-state index < -0.39 is 8.32 Å². The van der Waals surface area contributed by atoms with Crippen LogP contribution in [0.4, 0.5) is 0 Å². The number of aliphatic hydroxyl groups is 1. The zero-order chi connectivity index (χ0) is 24.9. The van der Waals surface area contributed by atoms with Gasteiger partial charge in [0.25, 0.3) is 8.32 Å². The van der Waals surface area contributed by atoms with Crippen LogP contribution in [0.5, 0.6) is 0 Å². The second-order valence-corrected chi connectivity index (χ2v) is 15.5. The van der Waals surface area contributed by atoms with E-state index >= 15 is 0 Å². The summed E-state index contributed by atoms with van der Waals surface area (Å²) in [6.07, 6.45) is 0.575. The van der Waals surface area contributed by atoms with Gasteiger partial charge in [-0.3, -0.25) is 4.90 Å². The Labute approximate surface area is 212 Å². The normalized spacial score (nSPS) is 21.7. The predicted octanol–water partition coefficient (Wildman–Crippen LogP) is 5.08. The second-order valence-electron chi connectivity index (χ2n) is 11.2. The van der Waals surface area contributed by atoms with Crippen molar-refractivity contribution < 1.29 is 9.53 Å². The number of likely N-dealkylation sites (tertiary alicyclic amines) is 1. The molecule has 4 heteroatoms. The number of nitrogens with zero attached hydrogens (tertiary/aromatic N) is 1. The minimum Gasteiger partial charge on any atom is -0.407 e. The van der Waals surface area contributed by atoms with E-state index in [2.05, 4.69) is 124 Å². The quantitative estimate of drug-likeness (QED) is 0.450. The second kappa shape index (κ2) is 11.2. The fraction of sp³-hybridized carbons (Fsp3) is 0.419. The number of hydrogen-bond donors (Lipinski definition) is 1. The first-order chi connectivity index (χ1) is 16.8. The maximum Gasteiger partial charge on any atom is 0.261 e. The Balaban J connectivity index is 1.54. The Morgan fingerprint density at radius 3 is 1.86 bits per heavy atom. The highest BCUT2D eigenvalue weighted by Crippen LogP contribution is 2.37. The largest absolute Gasteiger partial charge is 0.407 e. The van der Waals surface area contributed by atoms with E-state index in [1.807, 2.05) is 0 Å². The summed E-state index contributed by atoms with van der Waals surface area (Å²) in [7, 11) is -2.55. The lowest BCUT2D eigenvalue weighted by Gasteiger charge is -2.44. The third-order valence-corrected chi connectivity index (χ3v) is 12.6. The average molecular weight is 488 g/mol. The summed E-state index contributed by atoms with van der Waals surface area (Å²) < 4.78 is 7.12. The van der Waals surface area contributed by atoms with Crippen LogP contribution in [0.15, 0.2) is 91.0 Å². The molecule has 35 heavy (non-hydrogen) atoms. The van der Waals surface area contributed by atoms with Crippen molar-refractivity contribution in [2.45, 2.75) is 51.8 Å². The van der Waals surface area contributed by atoms with E-state index in [-0.39, 0.29) is 23.0 Å². The summed E-state index contributed by atoms with van der Waals surface area (Å²) in [6, 6.07) is 32.3. The Bertz CT molecular complexity index is 996. The van der Waals surface area contributed by atoms with Gasteiger partial charge >= 0.3 is 0 Å². The minimum absolute atomic E-state index is 0.0342. The Hall–Kier alpha value is -2.24. The van der Waals surface area contributed by atoms with Gasteiger partial charge in [0.2, 0.25) is 0 Å². The molecule has 0 amide bonds. The van der Waals surface area contributed by atoms with E-state index in [0.717, 1.165) is 26.1 Å². The SMILES string of the molecule is CC1CN(Cc2ccccc2)CC(CCO[Si](c2ccccc2)(c2ccccc2)C(C)(C)C)C1O. The van der Waals surface area contributed by atoms with Crippen molar-refractivity contribution in [1.82, 2.24) is 4.90 Å². The molecule has 1 aliphatic rings. The van der Waals surface area contributed by atoms with Gasteiger partial charge in [-0.05, 0) is 39.2 Å². The van der Waals surface area contributed by atoms with Gasteiger partial charge in [-0.25, -0.2) is 0 Å². The van der Waals surface area contributed by atoms with E-state index in [0.29, 0.717) is 6.61 Å². The summed E-state index contributed by atoms with van der Waals surface area (Å²) in [5.74, 6) is 0.464. The molecule has 0 saturated carbocycles. The topological polar surface area (TPSA) is 32.7 Å². The number of piperidine rings is 1. The lowest BCUT2D eigenvalue weighted by molar-refractivity contribution is -0.0253. The molecule has 0 spiro atoms. The van der Waals surface area contributed by atoms with Crippen molar-refractivity contribution in [3.63, 3.8) is 0 Å². The minimum atomic E-state index is -2.55. The summed E-state index contributed by atoms with van der Waals surface area (Å²) >= 11 is 0. The molecule has 3 aromatic rings. The van der Waals surface area contributed by atoms with Crippen LogP contribution in [0.25, 0.3) is 0 Å². The molecule has 4 rings (SSSR count). The highest BCUT2D eigenvalue weighted by Gasteiger charge is 2.50. The Morgan fingerprint density at radius 2 is 1.34 bits per heavy atom. The molecular formula is C31H41NO2Si. The van der Waals surface area contributed by atoms with Crippen molar-refractivity contribution in [3.05, 3.63) is 96.6 Å². The standard InChI is InChI=1S/C31H41NO2Si/c1-25-22-32(23-26-14-8-5-9-15-26)24-27(30(25)33)20-21-34-35(31(2,3)4,28-16-10-6-11-17-28)29-18-12-7-13-19-29/h5-19,25,27,30,33H,20-24H2,1-4H3. The fourth-order valence-corrected chi connectivity index (χ4v) is 10.4. The zero-order valence-corrected chi connectivity index (χ0v) is 22.7. The third kappa shape index (κ3) is 5.78. The monoisotopic (exact) mass is 487 g/mol. The summed E-state index contributed by atoms with van der Waals surface area (Å²) in [5, 5.41) is 13.7. The smallest absolute Gasteiger partial charge is 0.261 e. The Kier molecular flexibility index (Phi) is 8.28. The number of benzene rings is 3. The van der Waals surface area contributed by atoms with E-state index in [1.54, 1.807) is 0 Å². The average Bonchev–Trinajstić information content (AvgIpc) is 2.85. The van der Waals surface area contributed by atoms with Crippen molar-refractivity contribution in [3.8, 4) is 0 Å². The first-order valence-electron chi connectivity index (χ1n) is 13.0. The van der Waals surface area contributed by atoms with Gasteiger partial charge in [0.15, 0.2) is 0 Å². The number of aliphatic hydroxyl groups excluding tert-OH is 1. The number of rotatable bonds is 8. The van der Waals surface area contributed by atoms with Crippen molar-refractivity contribution in [1.29, 1.82) is 0 Å². The maximum atomic E-state index is 11.1. The molecule has 1 N–H and O–H groups in total. The lowest BCUT2D eigenvalue weighted by Crippen LogP contribution is -2.66. The third-order valence-electron chi connectivity index (χ3n) is 7.58. The predicted molar refractivity (Wildman–Crippen MR) is 149 cm³/mol. The van der Waals surface area contributed by atoms with E-state index in [4.69, 9.17) is 4.43 Å². The molecular weight excluding hydrogens is 446 g/mol. The van der Waals surface area contributed by atoms with Crippen LogP contribution < -0.4 is 10.4 Å². The van der Waals surface area contributed by atoms with E-state index in [9.17, 15) is 5.11 Å².